The third-order valence-corrected chi connectivity index (χ3v) is 23.9. The quantitative estimate of drug-likeness (QED) is 0.0434. The lowest BCUT2D eigenvalue weighted by Crippen LogP contribution is -2.62. The average Bonchev–Trinajstić information content (AvgIpc) is 1.78. The molecule has 39 heteroatoms. The van der Waals surface area contributed by atoms with Gasteiger partial charge in [0.2, 0.25) is 76.8 Å². The zero-order chi connectivity index (χ0) is 95.6. The number of amides is 15. The minimum Gasteiger partial charge on any atom is -0.508 e. The number of nitrogens with two attached hydrogens (primary N) is 1. The third kappa shape index (κ3) is 28.5. The fraction of sp³-hybridized carbons (Fsp3) is 0.424. The average molecular weight is 1840 g/mol. The van der Waals surface area contributed by atoms with Gasteiger partial charge in [0.25, 0.3) is 0 Å². The van der Waals surface area contributed by atoms with Crippen LogP contribution in [0.1, 0.15) is 106 Å². The molecule has 0 aliphatic carbocycles. The number of likely N-dealkylation sites (N-methyl/N-ethyl adjacent to an activating group) is 4. The molecule has 3 heterocycles. The number of carboxylic acids is 1. The van der Waals surface area contributed by atoms with Crippen molar-refractivity contribution in [1.29, 1.82) is 0 Å². The molecule has 7 aromatic rings. The molecule has 0 spiro atoms. The van der Waals surface area contributed by atoms with Gasteiger partial charge in [-0.1, -0.05) is 137 Å². The molecule has 35 nitrogen and oxygen atoms in total. The Morgan fingerprint density at radius 2 is 1.07 bits per heavy atom. The number of rotatable bonds is 22. The number of aromatic nitrogens is 1. The molecule has 0 bridgehead atoms. The van der Waals surface area contributed by atoms with Gasteiger partial charge in [0.05, 0.1) is 24.8 Å². The summed E-state index contributed by atoms with van der Waals surface area (Å²) in [5.74, 6) is -21.7. The molecule has 15 amide bonds. The summed E-state index contributed by atoms with van der Waals surface area (Å²) in [6.07, 6.45) is -3.15. The van der Waals surface area contributed by atoms with Gasteiger partial charge < -0.3 is 103 Å². The first kappa shape index (κ1) is 101. The van der Waals surface area contributed by atoms with Crippen LogP contribution in [-0.2, 0) is 106 Å². The number of hydrogen-bond acceptors (Lipinski definition) is 19. The molecule has 2 fully saturated rings. The molecule has 2 aliphatic heterocycles. The molecule has 131 heavy (non-hydrogen) atoms. The van der Waals surface area contributed by atoms with E-state index in [9.17, 15) is 63.2 Å². The predicted molar refractivity (Wildman–Crippen MR) is 476 cm³/mol. The standard InChI is InChI=1S/C92H113F3N16O19S/c1-9-10-26-73-91(129)111-36-19-27-72(111)85(123)103-68(46-78(116)117)81(119)99-52(4)87(125)108(6)74(43-53-20-13-11-14-21-53)86(124)104-70(41-56-30-34-60(113)35-31-56)89(127)110(8)92(130)106-67(45-58-47-97-64-25-18-17-24-61(58)64)84(122)102-66(40-55-28-32-59(112)33-29-55)83(121)101-65(37-51(2)3)82(120)105-71(80(118)98-48-76(96)114)49-131-50-77(115)100-69(42-57-38-62(93)79(95)63(94)39-57)88(126)109(7)75(90(128)107(73)5)44-54-22-15-12-16-23-54/h11-18,20-25,28-35,38-39,47,51-52,65-75,89,97,112-113,127H,9-10,19,26-27,36-37,40-46,48-50H2,1-8H3,(H2,96,114)(H,98,118)(H,99,119)(H,100,115)(H,101,121)(H,102,122)(H,103,123)(H,104,124)(H,105,120)(H,106,130)(H,116,117)/t52-,65-,66-,67-,68-,69-,70-,71-,72+,73-,74?,75-,89?/m0/s1. The number of nitrogens with one attached hydrogen (secondary N) is 10. The van der Waals surface area contributed by atoms with Crippen molar-refractivity contribution in [2.24, 2.45) is 11.7 Å². The number of carbonyl (C=O) groups is 15. The number of H-pyrrole nitrogens is 1. The van der Waals surface area contributed by atoms with Crippen LogP contribution in [0.3, 0.4) is 0 Å². The van der Waals surface area contributed by atoms with Crippen LogP contribution in [-0.4, -0.2) is 270 Å². The number of urea groups is 1. The van der Waals surface area contributed by atoms with Crippen LogP contribution < -0.4 is 53.6 Å². The number of primary amides is 1. The maximum atomic E-state index is 15.6. The molecule has 16 N–H and O–H groups in total. The number of carboxylic acid groups (broad SMARTS) is 1. The largest absolute Gasteiger partial charge is 0.508 e. The van der Waals surface area contributed by atoms with Gasteiger partial charge in [-0.2, -0.15) is 0 Å². The van der Waals surface area contributed by atoms with Crippen LogP contribution in [0.4, 0.5) is 18.0 Å². The Hall–Kier alpha value is -13.6. The second kappa shape index (κ2) is 47.6. The van der Waals surface area contributed by atoms with E-state index in [4.69, 9.17) is 5.73 Å². The number of carbonyl (C=O) groups excluding carboxylic acids is 14. The van der Waals surface area contributed by atoms with E-state index in [1.54, 1.807) is 112 Å². The number of aliphatic hydroxyl groups is 1. The van der Waals surface area contributed by atoms with Crippen LogP contribution in [0.25, 0.3) is 10.9 Å². The van der Waals surface area contributed by atoms with Crippen molar-refractivity contribution in [2.45, 2.75) is 190 Å². The number of unbranched alkanes of at least 4 members (excludes halogenated alkanes) is 1. The highest BCUT2D eigenvalue weighted by Gasteiger charge is 2.45. The molecular formula is C92H113F3N16O19S. The Balaban J connectivity index is 1.13. The Bertz CT molecular complexity index is 5210. The Morgan fingerprint density at radius 3 is 1.66 bits per heavy atom. The molecule has 6 aromatic carbocycles. The van der Waals surface area contributed by atoms with E-state index in [0.29, 0.717) is 75.5 Å². The van der Waals surface area contributed by atoms with Crippen molar-refractivity contribution < 1.29 is 106 Å². The molecule has 9 rings (SSSR count). The van der Waals surface area contributed by atoms with E-state index < -0.39 is 222 Å². The van der Waals surface area contributed by atoms with E-state index in [0.717, 1.165) is 26.6 Å². The summed E-state index contributed by atoms with van der Waals surface area (Å²) in [5, 5.41) is 67.6. The van der Waals surface area contributed by atoms with E-state index in [1.165, 1.54) is 81.5 Å². The van der Waals surface area contributed by atoms with Crippen LogP contribution in [0.2, 0.25) is 0 Å². The number of phenolic OH excluding ortho intramolecular Hbond substituents is 2. The summed E-state index contributed by atoms with van der Waals surface area (Å²) in [7, 11) is 4.87. The van der Waals surface area contributed by atoms with Crippen LogP contribution in [0, 0.1) is 23.4 Å². The molecule has 13 atom stereocenters. The topological polar surface area (TPSA) is 503 Å². The van der Waals surface area contributed by atoms with Gasteiger partial charge >= 0.3 is 12.0 Å². The number of fused-ring (bicyclic) bond motifs is 2. The van der Waals surface area contributed by atoms with Gasteiger partial charge in [-0.3, -0.25) is 67.1 Å². The van der Waals surface area contributed by atoms with Crippen LogP contribution in [0.15, 0.2) is 152 Å². The monoisotopic (exact) mass is 1830 g/mol. The summed E-state index contributed by atoms with van der Waals surface area (Å²) >= 11 is 0.671. The fourth-order valence-electron chi connectivity index (χ4n) is 15.6. The van der Waals surface area contributed by atoms with E-state index in [1.807, 2.05) is 0 Å². The Kier molecular flexibility index (Phi) is 36.8. The first-order valence-corrected chi connectivity index (χ1v) is 44.1. The number of hydrogen-bond donors (Lipinski definition) is 15. The van der Waals surface area contributed by atoms with Crippen molar-refractivity contribution >= 4 is 111 Å². The van der Waals surface area contributed by atoms with Crippen molar-refractivity contribution in [1.82, 2.24) is 77.3 Å². The molecule has 0 radical (unpaired) electrons. The third-order valence-electron chi connectivity index (χ3n) is 22.8. The van der Waals surface area contributed by atoms with Crippen LogP contribution in [0.5, 0.6) is 11.5 Å². The SMILES string of the molecule is CCCC[C@H]1C(=O)N2CCC[C@@H]2C(=O)N[C@@H](CC(=O)O)C(=O)N[C@@H](C)C(=O)N(C)C(Cc2ccccc2)C(=O)N[C@@H](Cc2ccc(O)cc2)C(O)N(C)C(=O)N[C@@H](Cc2c[nH]c3ccccc23)C(=O)N[C@@H](Cc2ccc(O)cc2)C(=O)N[C@@H](CC(C)C)C(=O)N[C@H](C(=O)NCC(N)=O)CSCC(=O)N[C@@H](Cc2cc(F)c(F)c(F)c2)C(=O)N(C)[C@@H](Cc2ccccc2)C(=O)N1C. The highest BCUT2D eigenvalue weighted by Crippen LogP contribution is 2.28. The van der Waals surface area contributed by atoms with Crippen molar-refractivity contribution in [3.8, 4) is 11.5 Å². The van der Waals surface area contributed by atoms with Crippen molar-refractivity contribution in [3.63, 3.8) is 0 Å². The molecule has 2 aliphatic rings. The number of halogens is 3. The first-order chi connectivity index (χ1) is 62.3. The second-order valence-electron chi connectivity index (χ2n) is 33.2. The number of aliphatic carboxylic acids is 1. The van der Waals surface area contributed by atoms with Crippen molar-refractivity contribution in [3.05, 3.63) is 203 Å². The van der Waals surface area contributed by atoms with Gasteiger partial charge in [-0.05, 0) is 121 Å². The summed E-state index contributed by atoms with van der Waals surface area (Å²) < 4.78 is 45.0. The van der Waals surface area contributed by atoms with Crippen LogP contribution >= 0.6 is 11.8 Å². The smallest absolute Gasteiger partial charge is 0.319 e. The van der Waals surface area contributed by atoms with E-state index in [2.05, 4.69) is 52.8 Å². The second-order valence-corrected chi connectivity index (χ2v) is 34.2. The van der Waals surface area contributed by atoms with E-state index in [-0.39, 0.29) is 81.4 Å². The highest BCUT2D eigenvalue weighted by molar-refractivity contribution is 8.00. The normalized spacial score (nSPS) is 23.2. The number of thioether (sulfide) groups is 1. The Labute approximate surface area is 759 Å². The number of phenols is 2. The number of benzene rings is 6. The zero-order valence-corrected chi connectivity index (χ0v) is 74.6. The number of aromatic hydroxyl groups is 2. The molecule has 1 aromatic heterocycles. The molecule has 2 saturated heterocycles. The van der Waals surface area contributed by atoms with Crippen molar-refractivity contribution in [2.75, 3.05) is 52.8 Å². The van der Waals surface area contributed by atoms with Gasteiger partial charge in [0, 0.05) is 89.7 Å². The minimum atomic E-state index is -2.05. The van der Waals surface area contributed by atoms with Gasteiger partial charge in [0.1, 0.15) is 78.0 Å². The lowest BCUT2D eigenvalue weighted by molar-refractivity contribution is -0.152. The first-order valence-electron chi connectivity index (χ1n) is 42.9. The summed E-state index contributed by atoms with van der Waals surface area (Å²) in [4.78, 5) is 229. The number of nitrogens with zero attached hydrogens (tertiary/aromatic N) is 5. The summed E-state index contributed by atoms with van der Waals surface area (Å²) in [6.45, 7) is 5.57. The molecular weight excluding hydrogens is 1720 g/mol. The molecule has 0 saturated carbocycles. The predicted octanol–water partition coefficient (Wildman–Crippen LogP) is 3.03. The maximum Gasteiger partial charge on any atom is 0.319 e. The van der Waals surface area contributed by atoms with Gasteiger partial charge in [-0.15, -0.1) is 11.8 Å². The van der Waals surface area contributed by atoms with E-state index >= 15 is 42.3 Å². The summed E-state index contributed by atoms with van der Waals surface area (Å²) in [5.41, 5.74) is 7.82. The zero-order valence-electron chi connectivity index (χ0n) is 73.8. The van der Waals surface area contributed by atoms with Gasteiger partial charge in [-0.25, -0.2) is 18.0 Å². The molecule has 2 unspecified atom stereocenters. The fourth-order valence-corrected chi connectivity index (χ4v) is 16.5. The lowest BCUT2D eigenvalue weighted by atomic mass is 9.99. The number of aromatic amines is 1. The lowest BCUT2D eigenvalue weighted by Gasteiger charge is -2.38. The number of aliphatic hydroxyl groups excluding tert-OH is 1. The highest BCUT2D eigenvalue weighted by atomic mass is 32.2. The summed E-state index contributed by atoms with van der Waals surface area (Å²) in [6, 6.07) is 15.1. The number of para-hydroxylation sites is 1. The van der Waals surface area contributed by atoms with Gasteiger partial charge in [0.15, 0.2) is 23.7 Å². The maximum absolute atomic E-state index is 15.6. The Morgan fingerprint density at radius 1 is 0.542 bits per heavy atom. The minimum absolute atomic E-state index is 0.0425. The molecule has 702 valence electrons.